The Kier molecular flexibility index (Phi) is 15.2. The Bertz CT molecular complexity index is 324. The molecule has 0 aliphatic heterocycles. The van der Waals surface area contributed by atoms with E-state index in [1.54, 1.807) is 6.92 Å². The number of carbonyl (C=O) groups is 2. The van der Waals surface area contributed by atoms with Crippen LogP contribution < -0.4 is 0 Å². The molecule has 0 amide bonds. The fourth-order valence-electron chi connectivity index (χ4n) is 1.14. The molecule has 0 saturated heterocycles. The van der Waals surface area contributed by atoms with Crippen LogP contribution in [0.15, 0.2) is 24.8 Å². The summed E-state index contributed by atoms with van der Waals surface area (Å²) in [6.45, 7) is 15.5. The van der Waals surface area contributed by atoms with Crippen molar-refractivity contribution in [3.8, 4) is 0 Å². The van der Waals surface area contributed by atoms with Crippen molar-refractivity contribution in [3.63, 3.8) is 0 Å². The summed E-state index contributed by atoms with van der Waals surface area (Å²) in [5.41, 5.74) is 0.350. The van der Waals surface area contributed by atoms with Gasteiger partial charge in [0, 0.05) is 18.2 Å². The summed E-state index contributed by atoms with van der Waals surface area (Å²) in [5, 5.41) is 8.19. The zero-order chi connectivity index (χ0) is 16.7. The maximum Gasteiger partial charge on any atom is 0.333 e. The molecule has 0 saturated carbocycles. The average Bonchev–Trinajstić information content (AvgIpc) is 2.49. The van der Waals surface area contributed by atoms with Gasteiger partial charge in [-0.25, -0.2) is 9.59 Å². The van der Waals surface area contributed by atoms with Crippen molar-refractivity contribution in [2.75, 3.05) is 39.5 Å². The second-order valence-electron chi connectivity index (χ2n) is 4.04. The molecule has 1 N–H and O–H groups in total. The molecule has 0 spiro atoms. The molecule has 0 rings (SSSR count). The Morgan fingerprint density at radius 2 is 1.76 bits per heavy atom. The number of rotatable bonds is 9. The predicted octanol–water partition coefficient (Wildman–Crippen LogP) is 1.16. The molecule has 122 valence electrons. The van der Waals surface area contributed by atoms with Crippen molar-refractivity contribution >= 4 is 11.9 Å². The lowest BCUT2D eigenvalue weighted by molar-refractivity contribution is -0.140. The van der Waals surface area contributed by atoms with E-state index in [4.69, 9.17) is 9.84 Å². The fraction of sp³-hybridized carbons (Fsp3) is 0.600. The molecule has 0 unspecified atom stereocenters. The fourth-order valence-corrected chi connectivity index (χ4v) is 1.14. The number of nitrogens with zero attached hydrogens (tertiary/aromatic N) is 1. The van der Waals surface area contributed by atoms with Gasteiger partial charge in [-0.1, -0.05) is 27.0 Å². The minimum absolute atomic E-state index is 0.0473. The molecule has 0 radical (unpaired) electrons. The maximum absolute atomic E-state index is 10.6. The normalized spacial score (nSPS) is 9.38. The van der Waals surface area contributed by atoms with Gasteiger partial charge in [0.15, 0.2) is 0 Å². The molecule has 0 aromatic carbocycles. The van der Waals surface area contributed by atoms with E-state index in [0.717, 1.165) is 19.6 Å². The first-order chi connectivity index (χ1) is 9.92. The van der Waals surface area contributed by atoms with E-state index in [1.807, 2.05) is 0 Å². The van der Waals surface area contributed by atoms with Crippen LogP contribution in [0.2, 0.25) is 0 Å². The Morgan fingerprint density at radius 3 is 2.14 bits per heavy atom. The SMILES string of the molecule is C=C(C)C(=O)OCCO.C=CC(=O)OCCN(CC)CC. The summed E-state index contributed by atoms with van der Waals surface area (Å²) >= 11 is 0. The van der Waals surface area contributed by atoms with E-state index in [2.05, 4.69) is 36.6 Å². The van der Waals surface area contributed by atoms with Gasteiger partial charge in [-0.2, -0.15) is 0 Å². The van der Waals surface area contributed by atoms with Crippen molar-refractivity contribution in [3.05, 3.63) is 24.8 Å². The van der Waals surface area contributed by atoms with Crippen LogP contribution in [-0.2, 0) is 19.1 Å². The molecule has 0 bridgehead atoms. The van der Waals surface area contributed by atoms with Crippen LogP contribution in [-0.4, -0.2) is 61.4 Å². The second kappa shape index (κ2) is 14.7. The highest BCUT2D eigenvalue weighted by atomic mass is 16.5. The summed E-state index contributed by atoms with van der Waals surface area (Å²) in [7, 11) is 0. The second-order valence-corrected chi connectivity index (χ2v) is 4.04. The smallest absolute Gasteiger partial charge is 0.333 e. The van der Waals surface area contributed by atoms with E-state index in [0.29, 0.717) is 12.2 Å². The van der Waals surface area contributed by atoms with Gasteiger partial charge in [-0.05, 0) is 20.0 Å². The number of likely N-dealkylation sites (N-methyl/N-ethyl adjacent to an activating group) is 1. The molecule has 21 heavy (non-hydrogen) atoms. The van der Waals surface area contributed by atoms with Gasteiger partial charge in [0.25, 0.3) is 0 Å². The third-order valence-corrected chi connectivity index (χ3v) is 2.39. The van der Waals surface area contributed by atoms with Crippen LogP contribution in [0.1, 0.15) is 20.8 Å². The minimum atomic E-state index is -0.455. The Morgan fingerprint density at radius 1 is 1.19 bits per heavy atom. The third-order valence-electron chi connectivity index (χ3n) is 2.39. The number of esters is 2. The molecule has 6 heteroatoms. The number of hydrogen-bond acceptors (Lipinski definition) is 6. The largest absolute Gasteiger partial charge is 0.461 e. The van der Waals surface area contributed by atoms with Gasteiger partial charge in [-0.3, -0.25) is 0 Å². The maximum atomic E-state index is 10.6. The van der Waals surface area contributed by atoms with Crippen LogP contribution >= 0.6 is 0 Å². The highest BCUT2D eigenvalue weighted by Gasteiger charge is 2.00. The molecular formula is C15H27NO5. The average molecular weight is 301 g/mol. The minimum Gasteiger partial charge on any atom is -0.461 e. The van der Waals surface area contributed by atoms with E-state index in [9.17, 15) is 9.59 Å². The van der Waals surface area contributed by atoms with Crippen molar-refractivity contribution in [2.24, 2.45) is 0 Å². The highest BCUT2D eigenvalue weighted by molar-refractivity contribution is 5.86. The number of aliphatic hydroxyl groups excluding tert-OH is 1. The first-order valence-electron chi connectivity index (χ1n) is 6.87. The Hall–Kier alpha value is -1.66. The van der Waals surface area contributed by atoms with Crippen LogP contribution in [0.5, 0.6) is 0 Å². The van der Waals surface area contributed by atoms with Gasteiger partial charge in [0.2, 0.25) is 0 Å². The van der Waals surface area contributed by atoms with Crippen molar-refractivity contribution in [1.29, 1.82) is 0 Å². The molecule has 0 aromatic heterocycles. The lowest BCUT2D eigenvalue weighted by Gasteiger charge is -2.16. The third kappa shape index (κ3) is 14.6. The molecule has 0 fully saturated rings. The zero-order valence-electron chi connectivity index (χ0n) is 13.3. The lowest BCUT2D eigenvalue weighted by atomic mass is 10.4. The van der Waals surface area contributed by atoms with Crippen LogP contribution in [0.3, 0.4) is 0 Å². The van der Waals surface area contributed by atoms with Gasteiger partial charge in [-0.15, -0.1) is 0 Å². The van der Waals surface area contributed by atoms with Gasteiger partial charge in [0.1, 0.15) is 13.2 Å². The Balaban J connectivity index is 0. The molecule has 6 nitrogen and oxygen atoms in total. The quantitative estimate of drug-likeness (QED) is 0.509. The number of carbonyl (C=O) groups excluding carboxylic acids is 2. The van der Waals surface area contributed by atoms with E-state index < -0.39 is 5.97 Å². The summed E-state index contributed by atoms with van der Waals surface area (Å²) in [6.07, 6.45) is 1.18. The molecule has 0 heterocycles. The number of hydrogen-bond donors (Lipinski definition) is 1. The Labute approximate surface area is 127 Å². The molecule has 0 aliphatic rings. The van der Waals surface area contributed by atoms with E-state index in [1.165, 1.54) is 6.08 Å². The topological polar surface area (TPSA) is 76.1 Å². The number of aliphatic hydroxyl groups is 1. The van der Waals surface area contributed by atoms with Crippen molar-refractivity contribution < 1.29 is 24.2 Å². The summed E-state index contributed by atoms with van der Waals surface area (Å²) in [4.78, 5) is 23.3. The molecule has 0 atom stereocenters. The summed E-state index contributed by atoms with van der Waals surface area (Å²) in [6, 6.07) is 0. The van der Waals surface area contributed by atoms with Crippen LogP contribution in [0.25, 0.3) is 0 Å². The highest BCUT2D eigenvalue weighted by Crippen LogP contribution is 1.90. The van der Waals surface area contributed by atoms with Crippen LogP contribution in [0.4, 0.5) is 0 Å². The molecule has 0 aromatic rings. The standard InChI is InChI=1S/C9H17NO2.C6H10O3/c1-4-9(11)12-8-7-10(5-2)6-3;1-5(2)6(8)9-4-3-7/h4H,1,5-8H2,2-3H3;7H,1,3-4H2,2H3. The van der Waals surface area contributed by atoms with Gasteiger partial charge < -0.3 is 19.5 Å². The van der Waals surface area contributed by atoms with E-state index >= 15 is 0 Å². The van der Waals surface area contributed by atoms with Gasteiger partial charge >= 0.3 is 11.9 Å². The van der Waals surface area contributed by atoms with Crippen molar-refractivity contribution in [2.45, 2.75) is 20.8 Å². The predicted molar refractivity (Wildman–Crippen MR) is 81.8 cm³/mol. The monoisotopic (exact) mass is 301 g/mol. The van der Waals surface area contributed by atoms with Gasteiger partial charge in [0.05, 0.1) is 6.61 Å². The summed E-state index contributed by atoms with van der Waals surface area (Å²) < 4.78 is 9.29. The first-order valence-corrected chi connectivity index (χ1v) is 6.87. The number of ether oxygens (including phenoxy) is 2. The van der Waals surface area contributed by atoms with E-state index in [-0.39, 0.29) is 19.2 Å². The lowest BCUT2D eigenvalue weighted by Crippen LogP contribution is -2.27. The molecule has 0 aliphatic carbocycles. The molecular weight excluding hydrogens is 274 g/mol. The van der Waals surface area contributed by atoms with Crippen LogP contribution in [0, 0.1) is 0 Å². The first kappa shape index (κ1) is 21.6. The van der Waals surface area contributed by atoms with Crippen molar-refractivity contribution in [1.82, 2.24) is 4.90 Å². The summed E-state index contributed by atoms with van der Waals surface area (Å²) in [5.74, 6) is -0.800. The zero-order valence-corrected chi connectivity index (χ0v) is 13.3.